The van der Waals surface area contributed by atoms with Crippen molar-refractivity contribution in [3.8, 4) is 0 Å². The van der Waals surface area contributed by atoms with Gasteiger partial charge >= 0.3 is 0 Å². The lowest BCUT2D eigenvalue weighted by Crippen LogP contribution is -2.58. The second kappa shape index (κ2) is 11.8. The number of nitrogens with two attached hydrogens (primary N) is 1. The zero-order chi connectivity index (χ0) is 32.1. The van der Waals surface area contributed by atoms with Crippen LogP contribution in [0.2, 0.25) is 0 Å². The fourth-order valence-corrected chi connectivity index (χ4v) is 7.29. The van der Waals surface area contributed by atoms with E-state index in [0.29, 0.717) is 23.8 Å². The standard InChI is InChI=1S/C31H48N6O5S/c1-29(2,3)24(35-28-33-17(15-43-28)13-20(38)36-30(4,5)6)27(42)37-14-18-21(31(18,7)8)22(37)26(41)34-19(23(39)25(32)40)12-16-10-9-11-16/h15-16,18-19,21-22,24H,9-14H2,1-8H3,(H2,32,40)(H,33,35)(H,34,41)(H,36,38)/t18?,19?,21?,22-,24+/m0/s1. The van der Waals surface area contributed by atoms with Crippen LogP contribution in [0, 0.1) is 28.6 Å². The number of thiazole rings is 1. The summed E-state index contributed by atoms with van der Waals surface area (Å²) < 4.78 is 0. The van der Waals surface area contributed by atoms with Gasteiger partial charge in [0.15, 0.2) is 5.13 Å². The first kappa shape index (κ1) is 32.9. The summed E-state index contributed by atoms with van der Waals surface area (Å²) >= 11 is 1.32. The zero-order valence-corrected chi connectivity index (χ0v) is 27.5. The third-order valence-corrected chi connectivity index (χ3v) is 10.0. The van der Waals surface area contributed by atoms with Gasteiger partial charge in [0, 0.05) is 17.5 Å². The Hall–Kier alpha value is -3.02. The summed E-state index contributed by atoms with van der Waals surface area (Å²) in [4.78, 5) is 71.2. The Kier molecular flexibility index (Phi) is 9.04. The molecule has 0 spiro atoms. The third kappa shape index (κ3) is 7.38. The van der Waals surface area contributed by atoms with Gasteiger partial charge in [0.1, 0.15) is 12.1 Å². The normalized spacial score (nSPS) is 24.3. The maximum absolute atomic E-state index is 14.2. The highest BCUT2D eigenvalue weighted by atomic mass is 32.1. The molecule has 1 saturated heterocycles. The maximum Gasteiger partial charge on any atom is 0.287 e. The second-order valence-corrected chi connectivity index (χ2v) is 16.1. The van der Waals surface area contributed by atoms with Crippen LogP contribution in [0.25, 0.3) is 0 Å². The number of carbonyl (C=O) groups is 5. The van der Waals surface area contributed by atoms with E-state index in [2.05, 4.69) is 34.8 Å². The minimum Gasteiger partial charge on any atom is -0.363 e. The summed E-state index contributed by atoms with van der Waals surface area (Å²) in [5, 5.41) is 11.4. The van der Waals surface area contributed by atoms with Crippen LogP contribution in [-0.2, 0) is 30.4 Å². The van der Waals surface area contributed by atoms with Gasteiger partial charge in [0.25, 0.3) is 5.91 Å². The summed E-state index contributed by atoms with van der Waals surface area (Å²) in [6.07, 6.45) is 3.46. The van der Waals surface area contributed by atoms with Crippen LogP contribution in [0.15, 0.2) is 5.38 Å². The first-order chi connectivity index (χ1) is 19.8. The molecule has 3 unspecified atom stereocenters. The molecule has 4 rings (SSSR count). The molecule has 5 N–H and O–H groups in total. The molecule has 2 saturated carbocycles. The molecule has 1 aromatic rings. The van der Waals surface area contributed by atoms with E-state index < -0.39 is 41.1 Å². The van der Waals surface area contributed by atoms with E-state index in [9.17, 15) is 24.0 Å². The van der Waals surface area contributed by atoms with E-state index in [-0.39, 0.29) is 46.9 Å². The fraction of sp³-hybridized carbons (Fsp3) is 0.742. The van der Waals surface area contributed by atoms with Gasteiger partial charge in [-0.15, -0.1) is 11.3 Å². The number of carbonyl (C=O) groups excluding carboxylic acids is 5. The monoisotopic (exact) mass is 616 g/mol. The number of aromatic nitrogens is 1. The maximum atomic E-state index is 14.2. The number of nitrogens with zero attached hydrogens (tertiary/aromatic N) is 2. The number of primary amides is 1. The Morgan fingerprint density at radius 3 is 2.30 bits per heavy atom. The molecule has 238 valence electrons. The summed E-state index contributed by atoms with van der Waals surface area (Å²) in [6.45, 7) is 16.2. The lowest BCUT2D eigenvalue weighted by atomic mass is 9.80. The Morgan fingerprint density at radius 1 is 1.12 bits per heavy atom. The molecule has 3 fully saturated rings. The Balaban J connectivity index is 1.52. The number of hydrogen-bond donors (Lipinski definition) is 4. The van der Waals surface area contributed by atoms with Crippen molar-refractivity contribution in [2.75, 3.05) is 11.9 Å². The average molecular weight is 617 g/mol. The van der Waals surface area contributed by atoms with Crippen molar-refractivity contribution >= 4 is 45.9 Å². The van der Waals surface area contributed by atoms with Crippen molar-refractivity contribution < 1.29 is 24.0 Å². The van der Waals surface area contributed by atoms with Crippen molar-refractivity contribution in [3.63, 3.8) is 0 Å². The Bertz CT molecular complexity index is 1270. The molecule has 11 nitrogen and oxygen atoms in total. The number of ketones is 1. The van der Waals surface area contributed by atoms with E-state index in [0.717, 1.165) is 19.3 Å². The molecule has 4 amide bonds. The number of amides is 4. The topological polar surface area (TPSA) is 164 Å². The number of fused-ring (bicyclic) bond motifs is 1. The van der Waals surface area contributed by atoms with Crippen LogP contribution < -0.4 is 21.7 Å². The molecule has 43 heavy (non-hydrogen) atoms. The first-order valence-corrected chi connectivity index (χ1v) is 16.1. The SMILES string of the molecule is CC(C)(C)NC(=O)Cc1csc(N[C@H](C(=O)N2CC3C([C@H]2C(=O)NC(CC2CCC2)C(=O)C(N)=O)C3(C)C)C(C)(C)C)n1. The first-order valence-electron chi connectivity index (χ1n) is 15.3. The van der Waals surface area contributed by atoms with Gasteiger partial charge in [-0.2, -0.15) is 0 Å². The molecular formula is C31H48N6O5S. The predicted molar refractivity (Wildman–Crippen MR) is 165 cm³/mol. The smallest absolute Gasteiger partial charge is 0.287 e. The molecule has 12 heteroatoms. The number of nitrogens with one attached hydrogen (secondary N) is 3. The van der Waals surface area contributed by atoms with E-state index in [1.165, 1.54) is 11.3 Å². The lowest BCUT2D eigenvalue weighted by molar-refractivity contribution is -0.144. The molecular weight excluding hydrogens is 568 g/mol. The predicted octanol–water partition coefficient (Wildman–Crippen LogP) is 2.64. The lowest BCUT2D eigenvalue weighted by Gasteiger charge is -2.38. The molecule has 3 aliphatic rings. The van der Waals surface area contributed by atoms with Crippen LogP contribution in [0.4, 0.5) is 5.13 Å². The van der Waals surface area contributed by atoms with Crippen LogP contribution in [0.1, 0.15) is 86.8 Å². The van der Waals surface area contributed by atoms with Crippen molar-refractivity contribution in [1.82, 2.24) is 20.5 Å². The zero-order valence-electron chi connectivity index (χ0n) is 26.7. The summed E-state index contributed by atoms with van der Waals surface area (Å²) in [6, 6.07) is -2.46. The van der Waals surface area contributed by atoms with Gasteiger partial charge < -0.3 is 26.6 Å². The Labute approximate surface area is 258 Å². The van der Waals surface area contributed by atoms with Gasteiger partial charge in [-0.05, 0) is 55.8 Å². The van der Waals surface area contributed by atoms with E-state index in [1.807, 2.05) is 41.5 Å². The molecule has 2 aliphatic carbocycles. The highest BCUT2D eigenvalue weighted by Crippen LogP contribution is 2.65. The number of rotatable bonds is 11. The highest BCUT2D eigenvalue weighted by molar-refractivity contribution is 7.13. The summed E-state index contributed by atoms with van der Waals surface area (Å²) in [7, 11) is 0. The second-order valence-electron chi connectivity index (χ2n) is 15.3. The number of Topliss-reactive ketones (excluding diaryl/α,β-unsaturated/α-hetero) is 1. The minimum absolute atomic E-state index is 0.0575. The van der Waals surface area contributed by atoms with Crippen molar-refractivity contribution in [2.45, 2.75) is 111 Å². The molecule has 2 heterocycles. The van der Waals surface area contributed by atoms with Crippen LogP contribution >= 0.6 is 11.3 Å². The van der Waals surface area contributed by atoms with Crippen LogP contribution in [-0.4, -0.2) is 69.5 Å². The largest absolute Gasteiger partial charge is 0.363 e. The number of hydrogen-bond acceptors (Lipinski definition) is 8. The fourth-order valence-electron chi connectivity index (χ4n) is 6.55. The quantitative estimate of drug-likeness (QED) is 0.278. The number of piperidine rings is 1. The third-order valence-electron chi connectivity index (χ3n) is 9.22. The van der Waals surface area contributed by atoms with Crippen LogP contribution in [0.5, 0.6) is 0 Å². The highest BCUT2D eigenvalue weighted by Gasteiger charge is 2.69. The number of anilines is 1. The summed E-state index contributed by atoms with van der Waals surface area (Å²) in [5.74, 6) is -2.29. The van der Waals surface area contributed by atoms with Gasteiger partial charge in [-0.3, -0.25) is 24.0 Å². The molecule has 1 aromatic heterocycles. The van der Waals surface area contributed by atoms with Gasteiger partial charge in [0.05, 0.1) is 18.2 Å². The van der Waals surface area contributed by atoms with Gasteiger partial charge in [-0.25, -0.2) is 4.98 Å². The summed E-state index contributed by atoms with van der Waals surface area (Å²) in [5.41, 5.74) is 4.92. The van der Waals surface area contributed by atoms with Crippen molar-refractivity contribution in [1.29, 1.82) is 0 Å². The molecule has 1 aliphatic heterocycles. The van der Waals surface area contributed by atoms with Crippen molar-refractivity contribution in [3.05, 3.63) is 11.1 Å². The minimum atomic E-state index is -1.07. The van der Waals surface area contributed by atoms with Crippen molar-refractivity contribution in [2.24, 2.45) is 34.3 Å². The molecule has 0 aromatic carbocycles. The molecule has 0 bridgehead atoms. The van der Waals surface area contributed by atoms with E-state index in [4.69, 9.17) is 5.73 Å². The van der Waals surface area contributed by atoms with E-state index in [1.54, 1.807) is 10.3 Å². The Morgan fingerprint density at radius 2 is 1.77 bits per heavy atom. The average Bonchev–Trinajstić information content (AvgIpc) is 3.22. The van der Waals surface area contributed by atoms with Gasteiger partial charge in [0.2, 0.25) is 23.5 Å². The molecule has 5 atom stereocenters. The van der Waals surface area contributed by atoms with E-state index >= 15 is 0 Å². The molecule has 0 radical (unpaired) electrons. The van der Waals surface area contributed by atoms with Crippen LogP contribution in [0.3, 0.4) is 0 Å². The number of likely N-dealkylation sites (tertiary alicyclic amines) is 1. The van der Waals surface area contributed by atoms with Gasteiger partial charge in [-0.1, -0.05) is 53.9 Å².